The summed E-state index contributed by atoms with van der Waals surface area (Å²) >= 11 is 0. The van der Waals surface area contributed by atoms with Crippen LogP contribution in [0, 0.1) is 23.7 Å². The minimum Gasteiger partial charge on any atom is -0.462 e. The third-order valence-electron chi connectivity index (χ3n) is 17.4. The first-order chi connectivity index (χ1) is 44.6. The Kier molecular flexibility index (Phi) is 62.2. The third-order valence-corrected chi connectivity index (χ3v) is 19.3. The lowest BCUT2D eigenvalue weighted by atomic mass is 9.99. The number of unbranched alkanes of at least 4 members (excludes halogenated alkanes) is 36. The first-order valence-corrected chi connectivity index (χ1v) is 41.2. The zero-order valence-electron chi connectivity index (χ0n) is 60.9. The highest BCUT2D eigenvalue weighted by Gasteiger charge is 2.30. The van der Waals surface area contributed by atoms with E-state index in [2.05, 4.69) is 55.4 Å². The summed E-state index contributed by atoms with van der Waals surface area (Å²) in [6.45, 7) is 14.1. The fraction of sp³-hybridized carbons (Fsp3) is 0.946. The first kappa shape index (κ1) is 91.1. The van der Waals surface area contributed by atoms with Crippen LogP contribution in [-0.2, 0) is 65.4 Å². The van der Waals surface area contributed by atoms with Crippen molar-refractivity contribution in [3.63, 3.8) is 0 Å². The van der Waals surface area contributed by atoms with Crippen molar-refractivity contribution in [2.75, 3.05) is 39.6 Å². The van der Waals surface area contributed by atoms with Crippen LogP contribution in [0.5, 0.6) is 0 Å². The van der Waals surface area contributed by atoms with E-state index in [1.165, 1.54) is 167 Å². The van der Waals surface area contributed by atoms with Gasteiger partial charge in [-0.1, -0.05) is 319 Å². The van der Waals surface area contributed by atoms with Crippen LogP contribution in [0.25, 0.3) is 0 Å². The van der Waals surface area contributed by atoms with Crippen LogP contribution < -0.4 is 0 Å². The number of hydrogen-bond donors (Lipinski definition) is 3. The zero-order valence-corrected chi connectivity index (χ0v) is 62.7. The second-order valence-electron chi connectivity index (χ2n) is 28.4. The predicted octanol–water partition coefficient (Wildman–Crippen LogP) is 21.3. The Bertz CT molecular complexity index is 1840. The topological polar surface area (TPSA) is 237 Å². The monoisotopic (exact) mass is 1370 g/mol. The Hall–Kier alpha value is -1.94. The minimum atomic E-state index is -4.96. The van der Waals surface area contributed by atoms with Crippen molar-refractivity contribution in [2.45, 2.75) is 388 Å². The average molecular weight is 1370 g/mol. The lowest BCUT2D eigenvalue weighted by Gasteiger charge is -2.21. The SMILES string of the molecule is CCC(C)CCCCCCCCCCCCCCCCC(=O)O[C@H](COC(=O)CCCCCCCCCCCCCCCCC(C)C)COP(=O)(O)OC[C@@H](O)COP(=O)(O)OC[C@@H](COC(=O)CCCCCCCCC(C)C)OC(=O)CCCCCCCCC(C)C. The highest BCUT2D eigenvalue weighted by molar-refractivity contribution is 7.47. The van der Waals surface area contributed by atoms with Gasteiger partial charge >= 0.3 is 39.5 Å². The number of carbonyl (C=O) groups is 4. The lowest BCUT2D eigenvalue weighted by molar-refractivity contribution is -0.161. The number of hydrogen-bond acceptors (Lipinski definition) is 15. The van der Waals surface area contributed by atoms with Gasteiger partial charge in [0.05, 0.1) is 26.4 Å². The summed E-state index contributed by atoms with van der Waals surface area (Å²) in [5.41, 5.74) is 0. The van der Waals surface area contributed by atoms with Gasteiger partial charge in [0.2, 0.25) is 0 Å². The molecule has 0 saturated heterocycles. The zero-order chi connectivity index (χ0) is 68.9. The van der Waals surface area contributed by atoms with E-state index in [-0.39, 0.29) is 25.7 Å². The highest BCUT2D eigenvalue weighted by Crippen LogP contribution is 2.45. The minimum absolute atomic E-state index is 0.101. The van der Waals surface area contributed by atoms with Crippen LogP contribution in [0.3, 0.4) is 0 Å². The Balaban J connectivity index is 5.21. The van der Waals surface area contributed by atoms with Crippen LogP contribution in [0.2, 0.25) is 0 Å². The van der Waals surface area contributed by atoms with Gasteiger partial charge in [-0.25, -0.2) is 9.13 Å². The maximum absolute atomic E-state index is 13.1. The van der Waals surface area contributed by atoms with E-state index < -0.39 is 97.5 Å². The Morgan fingerprint density at radius 3 is 0.763 bits per heavy atom. The second-order valence-corrected chi connectivity index (χ2v) is 31.3. The largest absolute Gasteiger partial charge is 0.472 e. The number of phosphoric ester groups is 2. The molecule has 0 rings (SSSR count). The number of esters is 4. The number of aliphatic hydroxyl groups excluding tert-OH is 1. The summed E-state index contributed by atoms with van der Waals surface area (Å²) in [6.07, 6.45) is 47.5. The number of carbonyl (C=O) groups excluding carboxylic acids is 4. The summed E-state index contributed by atoms with van der Waals surface area (Å²) in [4.78, 5) is 72.6. The Morgan fingerprint density at radius 1 is 0.301 bits per heavy atom. The van der Waals surface area contributed by atoms with E-state index in [1.807, 2.05) is 0 Å². The van der Waals surface area contributed by atoms with Crippen LogP contribution in [0.4, 0.5) is 0 Å². The van der Waals surface area contributed by atoms with E-state index in [0.717, 1.165) is 108 Å². The molecular weight excluding hydrogens is 1220 g/mol. The van der Waals surface area contributed by atoms with Crippen molar-refractivity contribution in [1.82, 2.24) is 0 Å². The molecule has 0 saturated carbocycles. The summed E-state index contributed by atoms with van der Waals surface area (Å²) in [7, 11) is -9.91. The van der Waals surface area contributed by atoms with E-state index in [9.17, 15) is 43.2 Å². The fourth-order valence-electron chi connectivity index (χ4n) is 11.2. The van der Waals surface area contributed by atoms with Gasteiger partial charge < -0.3 is 33.8 Å². The van der Waals surface area contributed by atoms with Gasteiger partial charge in [0.1, 0.15) is 19.3 Å². The number of aliphatic hydroxyl groups is 1. The number of phosphoric acid groups is 2. The summed E-state index contributed by atoms with van der Waals surface area (Å²) < 4.78 is 68.3. The molecule has 0 heterocycles. The quantitative estimate of drug-likeness (QED) is 0.0222. The van der Waals surface area contributed by atoms with Crippen molar-refractivity contribution in [3.8, 4) is 0 Å². The second kappa shape index (κ2) is 63.5. The molecule has 0 aromatic heterocycles. The normalized spacial score (nSPS) is 14.5. The van der Waals surface area contributed by atoms with Crippen molar-refractivity contribution in [1.29, 1.82) is 0 Å². The predicted molar refractivity (Wildman–Crippen MR) is 377 cm³/mol. The lowest BCUT2D eigenvalue weighted by Crippen LogP contribution is -2.30. The molecule has 552 valence electrons. The van der Waals surface area contributed by atoms with Crippen LogP contribution in [0.15, 0.2) is 0 Å². The van der Waals surface area contributed by atoms with Gasteiger partial charge in [0, 0.05) is 25.7 Å². The molecule has 0 aliphatic carbocycles. The van der Waals surface area contributed by atoms with Gasteiger partial charge in [0.15, 0.2) is 12.2 Å². The molecule has 0 aromatic carbocycles. The van der Waals surface area contributed by atoms with Crippen LogP contribution >= 0.6 is 15.6 Å². The van der Waals surface area contributed by atoms with E-state index in [0.29, 0.717) is 37.5 Å². The third kappa shape index (κ3) is 67.0. The fourth-order valence-corrected chi connectivity index (χ4v) is 12.7. The molecule has 0 spiro atoms. The van der Waals surface area contributed by atoms with Gasteiger partial charge in [-0.15, -0.1) is 0 Å². The molecule has 3 N–H and O–H groups in total. The van der Waals surface area contributed by atoms with E-state index in [4.69, 9.17) is 37.0 Å². The summed E-state index contributed by atoms with van der Waals surface area (Å²) in [5.74, 6) is 0.864. The van der Waals surface area contributed by atoms with Gasteiger partial charge in [-0.05, 0) is 49.4 Å². The van der Waals surface area contributed by atoms with Crippen molar-refractivity contribution < 1.29 is 80.2 Å². The molecule has 0 aliphatic rings. The average Bonchev–Trinajstić information content (AvgIpc) is 3.69. The molecule has 0 bridgehead atoms. The molecule has 93 heavy (non-hydrogen) atoms. The summed E-state index contributed by atoms with van der Waals surface area (Å²) in [5, 5.41) is 10.6. The molecule has 17 nitrogen and oxygen atoms in total. The van der Waals surface area contributed by atoms with E-state index >= 15 is 0 Å². The molecule has 0 amide bonds. The number of ether oxygens (including phenoxy) is 4. The first-order valence-electron chi connectivity index (χ1n) is 38.2. The smallest absolute Gasteiger partial charge is 0.462 e. The molecule has 19 heteroatoms. The molecular formula is C74H144O17P2. The van der Waals surface area contributed by atoms with Crippen molar-refractivity contribution in [3.05, 3.63) is 0 Å². The molecule has 0 radical (unpaired) electrons. The Labute approximate surface area is 568 Å². The maximum Gasteiger partial charge on any atom is 0.472 e. The van der Waals surface area contributed by atoms with Gasteiger partial charge in [-0.2, -0.15) is 0 Å². The summed E-state index contributed by atoms with van der Waals surface area (Å²) in [6, 6.07) is 0. The molecule has 0 aromatic rings. The standard InChI is InChI=1S/C74H144O17P2/c1-9-67(8)53-45-37-27-23-19-15-11-13-17-21-25-29-40-48-56-73(78)90-69(60-84-71(76)54-46-38-28-24-20-16-12-10-14-18-22-26-34-42-50-64(2)3)62-88-92(80,81)86-58-68(75)59-87-93(82,83)89-63-70(91-74(79)57-49-41-33-31-36-44-52-66(6)7)61-85-72(77)55-47-39-32-30-35-43-51-65(4)5/h64-70,75H,9-63H2,1-8H3,(H,80,81)(H,82,83)/t67?,68-,69-,70-/m1/s1. The van der Waals surface area contributed by atoms with Crippen LogP contribution in [0.1, 0.15) is 370 Å². The Morgan fingerprint density at radius 2 is 0.516 bits per heavy atom. The van der Waals surface area contributed by atoms with Gasteiger partial charge in [0.25, 0.3) is 0 Å². The van der Waals surface area contributed by atoms with Crippen molar-refractivity contribution in [2.24, 2.45) is 23.7 Å². The number of rotatable bonds is 71. The molecule has 0 fully saturated rings. The molecule has 0 aliphatic heterocycles. The van der Waals surface area contributed by atoms with E-state index in [1.54, 1.807) is 0 Å². The van der Waals surface area contributed by atoms with Gasteiger partial charge in [-0.3, -0.25) is 37.3 Å². The maximum atomic E-state index is 13.1. The highest BCUT2D eigenvalue weighted by atomic mass is 31.2. The molecule has 6 atom stereocenters. The molecule has 3 unspecified atom stereocenters. The van der Waals surface area contributed by atoms with Crippen LogP contribution in [-0.4, -0.2) is 96.7 Å². The van der Waals surface area contributed by atoms with Crippen molar-refractivity contribution >= 4 is 39.5 Å².